The molecule has 2 rings (SSSR count). The molecule has 1 aliphatic heterocycles. The Morgan fingerprint density at radius 2 is 2.29 bits per heavy atom. The maximum absolute atomic E-state index is 12.7. The minimum Gasteiger partial charge on any atom is -0.356 e. The summed E-state index contributed by atoms with van der Waals surface area (Å²) < 4.78 is 27.4. The molecule has 1 aromatic rings. The van der Waals surface area contributed by atoms with Crippen molar-refractivity contribution < 1.29 is 13.2 Å². The molecule has 1 fully saturated rings. The van der Waals surface area contributed by atoms with Crippen LogP contribution in [-0.2, 0) is 14.8 Å². The van der Waals surface area contributed by atoms with Crippen LogP contribution in [0.4, 0.5) is 0 Å². The Kier molecular flexibility index (Phi) is 5.78. The first-order valence-electron chi connectivity index (χ1n) is 7.37. The second-order valence-electron chi connectivity index (χ2n) is 5.19. The van der Waals surface area contributed by atoms with E-state index in [9.17, 15) is 13.2 Å². The van der Waals surface area contributed by atoms with Crippen molar-refractivity contribution >= 4 is 27.3 Å². The SMILES string of the molecule is CCC(=O)NCCC1CCCCN1S(=O)(=O)c1cccs1. The lowest BCUT2D eigenvalue weighted by molar-refractivity contribution is -0.120. The van der Waals surface area contributed by atoms with E-state index in [0.717, 1.165) is 19.3 Å². The highest BCUT2D eigenvalue weighted by molar-refractivity contribution is 7.91. The van der Waals surface area contributed by atoms with Crippen LogP contribution in [0.3, 0.4) is 0 Å². The van der Waals surface area contributed by atoms with Gasteiger partial charge in [-0.3, -0.25) is 4.79 Å². The van der Waals surface area contributed by atoms with Crippen LogP contribution in [0.25, 0.3) is 0 Å². The van der Waals surface area contributed by atoms with Crippen LogP contribution >= 0.6 is 11.3 Å². The fraction of sp³-hybridized carbons (Fsp3) is 0.643. The summed E-state index contributed by atoms with van der Waals surface area (Å²) in [6.45, 7) is 2.92. The average molecular weight is 330 g/mol. The Morgan fingerprint density at radius 1 is 1.48 bits per heavy atom. The van der Waals surface area contributed by atoms with Crippen LogP contribution in [0.5, 0.6) is 0 Å². The van der Waals surface area contributed by atoms with E-state index in [0.29, 0.717) is 30.1 Å². The van der Waals surface area contributed by atoms with Crippen molar-refractivity contribution in [3.63, 3.8) is 0 Å². The molecule has 1 atom stereocenters. The lowest BCUT2D eigenvalue weighted by atomic mass is 10.0. The van der Waals surface area contributed by atoms with Gasteiger partial charge in [-0.1, -0.05) is 19.4 Å². The number of nitrogens with zero attached hydrogens (tertiary/aromatic N) is 1. The minimum atomic E-state index is -3.38. The van der Waals surface area contributed by atoms with Crippen molar-refractivity contribution in [2.45, 2.75) is 49.3 Å². The molecule has 2 heterocycles. The maximum atomic E-state index is 12.7. The van der Waals surface area contributed by atoms with Gasteiger partial charge in [0, 0.05) is 25.6 Å². The van der Waals surface area contributed by atoms with Crippen LogP contribution < -0.4 is 5.32 Å². The first-order valence-corrected chi connectivity index (χ1v) is 9.69. The summed E-state index contributed by atoms with van der Waals surface area (Å²) in [7, 11) is -3.38. The second kappa shape index (κ2) is 7.38. The zero-order chi connectivity index (χ0) is 15.3. The van der Waals surface area contributed by atoms with E-state index in [1.54, 1.807) is 21.8 Å². The molecular formula is C14H22N2O3S2. The molecule has 21 heavy (non-hydrogen) atoms. The molecule has 118 valence electrons. The number of carbonyl (C=O) groups excluding carboxylic acids is 1. The highest BCUT2D eigenvalue weighted by Crippen LogP contribution is 2.28. The summed E-state index contributed by atoms with van der Waals surface area (Å²) in [6, 6.07) is 3.41. The summed E-state index contributed by atoms with van der Waals surface area (Å²) >= 11 is 1.26. The molecule has 1 amide bonds. The number of carbonyl (C=O) groups is 1. The van der Waals surface area contributed by atoms with E-state index in [1.165, 1.54) is 11.3 Å². The highest BCUT2D eigenvalue weighted by atomic mass is 32.2. The Morgan fingerprint density at radius 3 is 2.95 bits per heavy atom. The minimum absolute atomic E-state index is 0.0111. The van der Waals surface area contributed by atoms with Crippen molar-refractivity contribution in [3.05, 3.63) is 17.5 Å². The predicted octanol–water partition coefficient (Wildman–Crippen LogP) is 2.21. The fourth-order valence-electron chi connectivity index (χ4n) is 2.61. The average Bonchev–Trinajstić information content (AvgIpc) is 3.02. The van der Waals surface area contributed by atoms with E-state index >= 15 is 0 Å². The van der Waals surface area contributed by atoms with Gasteiger partial charge in [0.05, 0.1) is 0 Å². The van der Waals surface area contributed by atoms with Gasteiger partial charge in [-0.2, -0.15) is 4.31 Å². The molecule has 1 aromatic heterocycles. The number of amides is 1. The first-order chi connectivity index (χ1) is 10.1. The topological polar surface area (TPSA) is 66.5 Å². The zero-order valence-corrected chi connectivity index (χ0v) is 13.9. The maximum Gasteiger partial charge on any atom is 0.252 e. The molecule has 1 unspecified atom stereocenters. The summed E-state index contributed by atoms with van der Waals surface area (Å²) in [5.74, 6) is 0.0125. The van der Waals surface area contributed by atoms with Crippen LogP contribution in [0.1, 0.15) is 39.0 Å². The third kappa shape index (κ3) is 4.05. The Bertz CT molecular complexity index is 555. The molecule has 0 radical (unpaired) electrons. The van der Waals surface area contributed by atoms with E-state index in [2.05, 4.69) is 5.32 Å². The van der Waals surface area contributed by atoms with Gasteiger partial charge >= 0.3 is 0 Å². The molecule has 0 spiro atoms. The number of thiophene rings is 1. The van der Waals surface area contributed by atoms with E-state index in [-0.39, 0.29) is 11.9 Å². The van der Waals surface area contributed by atoms with Crippen molar-refractivity contribution in [2.75, 3.05) is 13.1 Å². The molecule has 7 heteroatoms. The van der Waals surface area contributed by atoms with Gasteiger partial charge in [0.1, 0.15) is 4.21 Å². The van der Waals surface area contributed by atoms with E-state index in [4.69, 9.17) is 0 Å². The first kappa shape index (κ1) is 16.5. The molecule has 5 nitrogen and oxygen atoms in total. The third-order valence-electron chi connectivity index (χ3n) is 3.75. The van der Waals surface area contributed by atoms with Gasteiger partial charge in [0.2, 0.25) is 5.91 Å². The van der Waals surface area contributed by atoms with Gasteiger partial charge in [-0.15, -0.1) is 11.3 Å². The van der Waals surface area contributed by atoms with Crippen LogP contribution in [0.2, 0.25) is 0 Å². The second-order valence-corrected chi connectivity index (χ2v) is 8.25. The predicted molar refractivity (Wildman–Crippen MR) is 83.8 cm³/mol. The molecule has 0 bridgehead atoms. The van der Waals surface area contributed by atoms with Crippen molar-refractivity contribution in [1.29, 1.82) is 0 Å². The molecule has 0 saturated carbocycles. The molecule has 1 saturated heterocycles. The number of hydrogen-bond donors (Lipinski definition) is 1. The lowest BCUT2D eigenvalue weighted by Gasteiger charge is -2.34. The normalized spacial score (nSPS) is 20.3. The zero-order valence-electron chi connectivity index (χ0n) is 12.2. The van der Waals surface area contributed by atoms with E-state index in [1.807, 2.05) is 6.92 Å². The van der Waals surface area contributed by atoms with Crippen molar-refractivity contribution in [1.82, 2.24) is 9.62 Å². The number of piperidine rings is 1. The monoisotopic (exact) mass is 330 g/mol. The number of rotatable bonds is 6. The summed E-state index contributed by atoms with van der Waals surface area (Å²) in [5.41, 5.74) is 0. The van der Waals surface area contributed by atoms with Gasteiger partial charge in [0.15, 0.2) is 0 Å². The molecule has 0 aromatic carbocycles. The van der Waals surface area contributed by atoms with Crippen molar-refractivity contribution in [3.8, 4) is 0 Å². The standard InChI is InChI=1S/C14H22N2O3S2/c1-2-13(17)15-9-8-12-6-3-4-10-16(12)21(18,19)14-7-5-11-20-14/h5,7,11-12H,2-4,6,8-10H2,1H3,(H,15,17). The Balaban J connectivity index is 2.03. The van der Waals surface area contributed by atoms with Crippen LogP contribution in [-0.4, -0.2) is 37.8 Å². The third-order valence-corrected chi connectivity index (χ3v) is 7.08. The quantitative estimate of drug-likeness (QED) is 0.869. The molecule has 1 N–H and O–H groups in total. The van der Waals surface area contributed by atoms with Gasteiger partial charge in [-0.05, 0) is 30.7 Å². The van der Waals surface area contributed by atoms with Gasteiger partial charge in [-0.25, -0.2) is 8.42 Å². The smallest absolute Gasteiger partial charge is 0.252 e. The molecule has 0 aliphatic carbocycles. The van der Waals surface area contributed by atoms with Crippen molar-refractivity contribution in [2.24, 2.45) is 0 Å². The highest BCUT2D eigenvalue weighted by Gasteiger charge is 2.33. The number of hydrogen-bond acceptors (Lipinski definition) is 4. The largest absolute Gasteiger partial charge is 0.356 e. The lowest BCUT2D eigenvalue weighted by Crippen LogP contribution is -2.44. The van der Waals surface area contributed by atoms with Gasteiger partial charge in [0.25, 0.3) is 10.0 Å². The summed E-state index contributed by atoms with van der Waals surface area (Å²) in [4.78, 5) is 11.3. The number of nitrogens with one attached hydrogen (secondary N) is 1. The Hall–Kier alpha value is -0.920. The fourth-order valence-corrected chi connectivity index (χ4v) is 5.45. The molecular weight excluding hydrogens is 308 g/mol. The van der Waals surface area contributed by atoms with Gasteiger partial charge < -0.3 is 5.32 Å². The number of sulfonamides is 1. The van der Waals surface area contributed by atoms with Crippen LogP contribution in [0, 0.1) is 0 Å². The molecule has 1 aliphatic rings. The Labute approximate surface area is 130 Å². The summed E-state index contributed by atoms with van der Waals surface area (Å²) in [5, 5.41) is 4.61. The van der Waals surface area contributed by atoms with Crippen LogP contribution in [0.15, 0.2) is 21.7 Å². The summed E-state index contributed by atoms with van der Waals surface area (Å²) in [6.07, 6.45) is 3.95. The van der Waals surface area contributed by atoms with E-state index < -0.39 is 10.0 Å².